The first-order valence-corrected chi connectivity index (χ1v) is 7.01. The van der Waals surface area contributed by atoms with Gasteiger partial charge in [-0.25, -0.2) is 0 Å². The Morgan fingerprint density at radius 2 is 2.10 bits per heavy atom. The summed E-state index contributed by atoms with van der Waals surface area (Å²) in [5.74, 6) is -1.36. The van der Waals surface area contributed by atoms with Crippen molar-refractivity contribution in [2.45, 2.75) is 38.6 Å². The van der Waals surface area contributed by atoms with Crippen LogP contribution < -0.4 is 0 Å². The lowest BCUT2D eigenvalue weighted by Crippen LogP contribution is -2.42. The lowest BCUT2D eigenvalue weighted by atomic mass is 10.1. The summed E-state index contributed by atoms with van der Waals surface area (Å²) in [4.78, 5) is 29.0. The molecule has 1 aromatic heterocycles. The van der Waals surface area contributed by atoms with Crippen molar-refractivity contribution in [3.05, 3.63) is 28.5 Å². The van der Waals surface area contributed by atoms with Gasteiger partial charge in [0.15, 0.2) is 0 Å². The van der Waals surface area contributed by atoms with Gasteiger partial charge in [-0.05, 0) is 25.8 Å². The van der Waals surface area contributed by atoms with E-state index in [2.05, 4.69) is 4.98 Å². The van der Waals surface area contributed by atoms with Crippen LogP contribution in [-0.4, -0.2) is 39.5 Å². The van der Waals surface area contributed by atoms with Crippen LogP contribution in [0.15, 0.2) is 12.3 Å². The van der Waals surface area contributed by atoms with Gasteiger partial charge in [0.25, 0.3) is 5.91 Å². The maximum Gasteiger partial charge on any atom is 0.323 e. The van der Waals surface area contributed by atoms with Crippen LogP contribution in [0.1, 0.15) is 41.7 Å². The second-order valence-electron chi connectivity index (χ2n) is 5.07. The Bertz CT molecular complexity index is 527. The number of aliphatic carboxylic acids is 1. The molecule has 0 atom stereocenters. The lowest BCUT2D eigenvalue weighted by molar-refractivity contribution is -0.138. The zero-order valence-corrected chi connectivity index (χ0v) is 12.1. The Morgan fingerprint density at radius 3 is 2.65 bits per heavy atom. The molecule has 1 aliphatic carbocycles. The van der Waals surface area contributed by atoms with E-state index < -0.39 is 5.97 Å². The van der Waals surface area contributed by atoms with Crippen molar-refractivity contribution in [3.8, 4) is 0 Å². The molecular weight excluding hydrogens is 280 g/mol. The van der Waals surface area contributed by atoms with E-state index in [0.29, 0.717) is 5.02 Å². The van der Waals surface area contributed by atoms with Crippen molar-refractivity contribution in [1.29, 1.82) is 0 Å². The number of carbonyl (C=O) groups is 2. The van der Waals surface area contributed by atoms with E-state index in [4.69, 9.17) is 16.7 Å². The third-order valence-corrected chi connectivity index (χ3v) is 3.87. The quantitative estimate of drug-likeness (QED) is 0.927. The fourth-order valence-electron chi connectivity index (χ4n) is 2.57. The highest BCUT2D eigenvalue weighted by Crippen LogP contribution is 2.26. The van der Waals surface area contributed by atoms with Gasteiger partial charge < -0.3 is 10.0 Å². The van der Waals surface area contributed by atoms with Crippen LogP contribution in [0.3, 0.4) is 0 Å². The van der Waals surface area contributed by atoms with E-state index in [0.717, 1.165) is 31.4 Å². The van der Waals surface area contributed by atoms with E-state index in [1.165, 1.54) is 11.1 Å². The van der Waals surface area contributed by atoms with Crippen LogP contribution in [0.5, 0.6) is 0 Å². The zero-order chi connectivity index (χ0) is 14.7. The highest BCUT2D eigenvalue weighted by atomic mass is 35.5. The minimum atomic E-state index is -1.01. The van der Waals surface area contributed by atoms with E-state index in [-0.39, 0.29) is 24.1 Å². The smallest absolute Gasteiger partial charge is 0.323 e. The van der Waals surface area contributed by atoms with Crippen LogP contribution in [0.4, 0.5) is 0 Å². The van der Waals surface area contributed by atoms with E-state index >= 15 is 0 Å². The summed E-state index contributed by atoms with van der Waals surface area (Å²) in [5, 5.41) is 9.33. The second-order valence-corrected chi connectivity index (χ2v) is 5.48. The summed E-state index contributed by atoms with van der Waals surface area (Å²) in [5.41, 5.74) is 0.989. The number of aryl methyl sites for hydroxylation is 1. The van der Waals surface area contributed by atoms with Crippen LogP contribution in [0, 0.1) is 6.92 Å². The molecule has 1 aromatic rings. The fourth-order valence-corrected chi connectivity index (χ4v) is 2.85. The maximum absolute atomic E-state index is 12.5. The summed E-state index contributed by atoms with van der Waals surface area (Å²) in [6.07, 6.45) is 5.15. The summed E-state index contributed by atoms with van der Waals surface area (Å²) < 4.78 is 0. The third kappa shape index (κ3) is 3.28. The second kappa shape index (κ2) is 6.22. The molecule has 0 unspecified atom stereocenters. The molecule has 0 aromatic carbocycles. The fraction of sp³-hybridized carbons (Fsp3) is 0.500. The summed E-state index contributed by atoms with van der Waals surface area (Å²) >= 11 is 6.08. The Balaban J connectivity index is 2.27. The van der Waals surface area contributed by atoms with Crippen LogP contribution in [-0.2, 0) is 4.79 Å². The van der Waals surface area contributed by atoms with Gasteiger partial charge in [0.1, 0.15) is 6.54 Å². The Hall–Kier alpha value is -1.62. The van der Waals surface area contributed by atoms with Crippen LogP contribution >= 0.6 is 11.6 Å². The predicted octanol–water partition coefficient (Wildman–Crippen LogP) is 2.51. The monoisotopic (exact) mass is 296 g/mol. The number of amides is 1. The Morgan fingerprint density at radius 1 is 1.45 bits per heavy atom. The Labute approximate surface area is 122 Å². The molecule has 1 heterocycles. The number of carboxylic acid groups (broad SMARTS) is 1. The van der Waals surface area contributed by atoms with Crippen molar-refractivity contribution in [2.75, 3.05) is 6.54 Å². The first-order valence-electron chi connectivity index (χ1n) is 6.64. The first kappa shape index (κ1) is 14.8. The molecule has 1 fully saturated rings. The van der Waals surface area contributed by atoms with Gasteiger partial charge in [-0.1, -0.05) is 24.4 Å². The maximum atomic E-state index is 12.5. The largest absolute Gasteiger partial charge is 0.480 e. The average Bonchev–Trinajstić information content (AvgIpc) is 2.88. The minimum absolute atomic E-state index is 0.0176. The number of rotatable bonds is 4. The topological polar surface area (TPSA) is 70.5 Å². The van der Waals surface area contributed by atoms with Gasteiger partial charge in [0.05, 0.1) is 10.6 Å². The minimum Gasteiger partial charge on any atom is -0.480 e. The molecule has 108 valence electrons. The predicted molar refractivity (Wildman–Crippen MR) is 74.9 cm³/mol. The van der Waals surface area contributed by atoms with Crippen LogP contribution in [0.2, 0.25) is 5.02 Å². The van der Waals surface area contributed by atoms with Crippen molar-refractivity contribution < 1.29 is 14.7 Å². The first-order chi connectivity index (χ1) is 9.49. The number of aromatic nitrogens is 1. The van der Waals surface area contributed by atoms with E-state index in [1.54, 1.807) is 13.0 Å². The molecule has 20 heavy (non-hydrogen) atoms. The number of hydrogen-bond acceptors (Lipinski definition) is 3. The van der Waals surface area contributed by atoms with Crippen molar-refractivity contribution in [3.63, 3.8) is 0 Å². The average molecular weight is 297 g/mol. The number of carbonyl (C=O) groups excluding carboxylic acids is 1. The summed E-state index contributed by atoms with van der Waals surface area (Å²) in [6, 6.07) is 1.60. The molecule has 0 bridgehead atoms. The molecule has 0 saturated heterocycles. The molecule has 0 radical (unpaired) electrons. The number of nitrogens with zero attached hydrogens (tertiary/aromatic N) is 2. The summed E-state index contributed by atoms with van der Waals surface area (Å²) in [6.45, 7) is 1.49. The van der Waals surface area contributed by atoms with Crippen molar-refractivity contribution in [1.82, 2.24) is 9.88 Å². The molecule has 1 amide bonds. The zero-order valence-electron chi connectivity index (χ0n) is 11.3. The van der Waals surface area contributed by atoms with Gasteiger partial charge in [0.2, 0.25) is 0 Å². The standard InChI is InChI=1S/C14H17ClN2O3/c1-9-6-12(15)11(7-16-9)14(20)17(8-13(18)19)10-4-2-3-5-10/h6-7,10H,2-5,8H2,1H3,(H,18,19). The van der Waals surface area contributed by atoms with E-state index in [1.807, 2.05) is 0 Å². The van der Waals surface area contributed by atoms with E-state index in [9.17, 15) is 9.59 Å². The third-order valence-electron chi connectivity index (χ3n) is 3.55. The molecule has 6 heteroatoms. The van der Waals surface area contributed by atoms with Gasteiger partial charge in [-0.3, -0.25) is 14.6 Å². The number of hydrogen-bond donors (Lipinski definition) is 1. The molecule has 1 N–H and O–H groups in total. The molecule has 1 saturated carbocycles. The molecule has 0 aliphatic heterocycles. The van der Waals surface area contributed by atoms with Gasteiger partial charge in [-0.2, -0.15) is 0 Å². The SMILES string of the molecule is Cc1cc(Cl)c(C(=O)N(CC(=O)O)C2CCCC2)cn1. The molecule has 5 nitrogen and oxygen atoms in total. The number of carboxylic acids is 1. The van der Waals surface area contributed by atoms with Crippen molar-refractivity contribution in [2.24, 2.45) is 0 Å². The number of halogens is 1. The summed E-state index contributed by atoms with van der Waals surface area (Å²) in [7, 11) is 0. The Kier molecular flexibility index (Phi) is 4.60. The van der Waals surface area contributed by atoms with Gasteiger partial charge in [0, 0.05) is 17.9 Å². The van der Waals surface area contributed by atoms with Crippen molar-refractivity contribution >= 4 is 23.5 Å². The van der Waals surface area contributed by atoms with Gasteiger partial charge in [-0.15, -0.1) is 0 Å². The highest BCUT2D eigenvalue weighted by Gasteiger charge is 2.30. The highest BCUT2D eigenvalue weighted by molar-refractivity contribution is 6.33. The molecule has 1 aliphatic rings. The molecular formula is C14H17ClN2O3. The van der Waals surface area contributed by atoms with Crippen LogP contribution in [0.25, 0.3) is 0 Å². The van der Waals surface area contributed by atoms with Gasteiger partial charge >= 0.3 is 5.97 Å². The molecule has 2 rings (SSSR count). The normalized spacial score (nSPS) is 15.3. The lowest BCUT2D eigenvalue weighted by Gasteiger charge is -2.27. The molecule has 0 spiro atoms. The number of pyridine rings is 1.